The minimum Gasteiger partial charge on any atom is -0.380 e. The van der Waals surface area contributed by atoms with Gasteiger partial charge in [-0.3, -0.25) is 0 Å². The third-order valence-electron chi connectivity index (χ3n) is 2.72. The zero-order valence-electron chi connectivity index (χ0n) is 10.9. The molecule has 0 aliphatic rings. The largest absolute Gasteiger partial charge is 0.380 e. The lowest BCUT2D eigenvalue weighted by molar-refractivity contribution is 0.612. The molecule has 0 amide bonds. The van der Waals surface area contributed by atoms with Crippen LogP contribution in [0.5, 0.6) is 0 Å². The van der Waals surface area contributed by atoms with Gasteiger partial charge in [-0.15, -0.1) is 18.3 Å². The summed E-state index contributed by atoms with van der Waals surface area (Å²) in [5.74, 6) is 0.654. The number of thioether (sulfide) groups is 1. The molecule has 20 heavy (non-hydrogen) atoms. The molecule has 1 N–H and O–H groups in total. The summed E-state index contributed by atoms with van der Waals surface area (Å²) < 4.78 is 14.6. The first-order chi connectivity index (χ1) is 9.70. The summed E-state index contributed by atoms with van der Waals surface area (Å²) in [6.45, 7) is 4.18. The normalized spacial score (nSPS) is 10.3. The molecule has 0 fully saturated rings. The summed E-state index contributed by atoms with van der Waals surface area (Å²) >= 11 is 5.07. The van der Waals surface area contributed by atoms with Gasteiger partial charge in [-0.1, -0.05) is 34.1 Å². The van der Waals surface area contributed by atoms with Gasteiger partial charge in [-0.25, -0.2) is 4.39 Å². The Labute approximate surface area is 131 Å². The molecular formula is C16H15BrFNS. The van der Waals surface area contributed by atoms with E-state index < -0.39 is 0 Å². The summed E-state index contributed by atoms with van der Waals surface area (Å²) in [7, 11) is 0. The van der Waals surface area contributed by atoms with Crippen molar-refractivity contribution >= 4 is 33.4 Å². The maximum atomic E-state index is 13.7. The average Bonchev–Trinajstić information content (AvgIpc) is 2.47. The van der Waals surface area contributed by atoms with Crippen LogP contribution >= 0.6 is 27.7 Å². The molecule has 0 heterocycles. The van der Waals surface area contributed by atoms with E-state index >= 15 is 0 Å². The van der Waals surface area contributed by atoms with Gasteiger partial charge in [0.2, 0.25) is 0 Å². The van der Waals surface area contributed by atoms with Crippen LogP contribution in [0.1, 0.15) is 5.56 Å². The lowest BCUT2D eigenvalue weighted by Gasteiger charge is -2.12. The first kappa shape index (κ1) is 15.1. The van der Waals surface area contributed by atoms with Crippen molar-refractivity contribution in [2.75, 3.05) is 11.1 Å². The van der Waals surface area contributed by atoms with E-state index in [2.05, 4.69) is 27.8 Å². The minimum absolute atomic E-state index is 0.197. The lowest BCUT2D eigenvalue weighted by Crippen LogP contribution is -2.02. The predicted molar refractivity (Wildman–Crippen MR) is 88.8 cm³/mol. The molecule has 4 heteroatoms. The van der Waals surface area contributed by atoms with Crippen molar-refractivity contribution in [1.82, 2.24) is 0 Å². The minimum atomic E-state index is -0.197. The van der Waals surface area contributed by atoms with Gasteiger partial charge >= 0.3 is 0 Å². The number of halogens is 2. The van der Waals surface area contributed by atoms with E-state index in [1.54, 1.807) is 23.9 Å². The molecular weight excluding hydrogens is 337 g/mol. The van der Waals surface area contributed by atoms with Crippen LogP contribution in [0.3, 0.4) is 0 Å². The number of benzene rings is 2. The maximum Gasteiger partial charge on any atom is 0.128 e. The van der Waals surface area contributed by atoms with Crippen LogP contribution in [-0.2, 0) is 6.54 Å². The molecule has 0 unspecified atom stereocenters. The molecule has 0 radical (unpaired) electrons. The Balaban J connectivity index is 2.10. The Kier molecular flexibility index (Phi) is 5.68. The van der Waals surface area contributed by atoms with E-state index in [4.69, 9.17) is 0 Å². The summed E-state index contributed by atoms with van der Waals surface area (Å²) in [6, 6.07) is 13.0. The van der Waals surface area contributed by atoms with Crippen LogP contribution in [0, 0.1) is 5.82 Å². The van der Waals surface area contributed by atoms with Crippen molar-refractivity contribution in [3.8, 4) is 0 Å². The highest BCUT2D eigenvalue weighted by atomic mass is 79.9. The van der Waals surface area contributed by atoms with Crippen LogP contribution < -0.4 is 5.32 Å². The molecule has 0 saturated carbocycles. The lowest BCUT2D eigenvalue weighted by atomic mass is 10.2. The second-order valence-corrected chi connectivity index (χ2v) is 6.16. The van der Waals surface area contributed by atoms with E-state index in [1.807, 2.05) is 30.3 Å². The van der Waals surface area contributed by atoms with Gasteiger partial charge < -0.3 is 5.32 Å². The fourth-order valence-corrected chi connectivity index (χ4v) is 2.93. The number of nitrogens with one attached hydrogen (secondary N) is 1. The van der Waals surface area contributed by atoms with Gasteiger partial charge in [0.15, 0.2) is 0 Å². The third-order valence-corrected chi connectivity index (χ3v) is 4.28. The highest BCUT2D eigenvalue weighted by Gasteiger charge is 2.05. The van der Waals surface area contributed by atoms with Crippen LogP contribution in [-0.4, -0.2) is 5.75 Å². The molecule has 0 spiro atoms. The highest BCUT2D eigenvalue weighted by Crippen LogP contribution is 2.27. The van der Waals surface area contributed by atoms with Gasteiger partial charge in [-0.2, -0.15) is 0 Å². The van der Waals surface area contributed by atoms with Gasteiger partial charge in [-0.05, 0) is 30.3 Å². The second kappa shape index (κ2) is 7.50. The third kappa shape index (κ3) is 4.12. The molecule has 1 nitrogen and oxygen atoms in total. The SMILES string of the molecule is C=CCSc1ccccc1NCc1cc(Br)ccc1F. The van der Waals surface area contributed by atoms with Crippen molar-refractivity contribution in [2.24, 2.45) is 0 Å². The number of anilines is 1. The summed E-state index contributed by atoms with van der Waals surface area (Å²) in [6.07, 6.45) is 1.87. The van der Waals surface area contributed by atoms with Crippen LogP contribution in [0.4, 0.5) is 10.1 Å². The molecule has 2 aromatic carbocycles. The number of hydrogen-bond acceptors (Lipinski definition) is 2. The van der Waals surface area contributed by atoms with E-state index in [9.17, 15) is 4.39 Å². The van der Waals surface area contributed by atoms with Crippen LogP contribution in [0.2, 0.25) is 0 Å². The number of rotatable bonds is 6. The second-order valence-electron chi connectivity index (χ2n) is 4.19. The van der Waals surface area contributed by atoms with Gasteiger partial charge in [0.1, 0.15) is 5.82 Å². The molecule has 0 aromatic heterocycles. The fraction of sp³-hybridized carbons (Fsp3) is 0.125. The Morgan fingerprint density at radius 3 is 2.85 bits per heavy atom. The van der Waals surface area contributed by atoms with Gasteiger partial charge in [0.25, 0.3) is 0 Å². The average molecular weight is 352 g/mol. The molecule has 2 aromatic rings. The standard InChI is InChI=1S/C16H15BrFNS/c1-2-9-20-16-6-4-3-5-15(16)19-11-12-10-13(17)7-8-14(12)18/h2-8,10,19H,1,9,11H2. The number of para-hydroxylation sites is 1. The van der Waals surface area contributed by atoms with Crippen molar-refractivity contribution in [3.63, 3.8) is 0 Å². The Hall–Kier alpha value is -1.26. The molecule has 0 aliphatic heterocycles. The topological polar surface area (TPSA) is 12.0 Å². The Morgan fingerprint density at radius 2 is 2.05 bits per heavy atom. The molecule has 0 aliphatic carbocycles. The van der Waals surface area contributed by atoms with Gasteiger partial charge in [0, 0.05) is 32.9 Å². The fourth-order valence-electron chi connectivity index (χ4n) is 1.76. The van der Waals surface area contributed by atoms with Crippen molar-refractivity contribution in [3.05, 3.63) is 71.0 Å². The summed E-state index contributed by atoms with van der Waals surface area (Å²) in [4.78, 5) is 1.14. The zero-order chi connectivity index (χ0) is 14.4. The van der Waals surface area contributed by atoms with E-state index in [-0.39, 0.29) is 5.82 Å². The number of hydrogen-bond donors (Lipinski definition) is 1. The van der Waals surface area contributed by atoms with Crippen molar-refractivity contribution in [1.29, 1.82) is 0 Å². The van der Waals surface area contributed by atoms with E-state index in [0.29, 0.717) is 12.1 Å². The molecule has 2 rings (SSSR count). The monoisotopic (exact) mass is 351 g/mol. The molecule has 104 valence electrons. The van der Waals surface area contributed by atoms with Gasteiger partial charge in [0.05, 0.1) is 0 Å². The van der Waals surface area contributed by atoms with E-state index in [0.717, 1.165) is 20.8 Å². The zero-order valence-corrected chi connectivity index (χ0v) is 13.3. The smallest absolute Gasteiger partial charge is 0.128 e. The Morgan fingerprint density at radius 1 is 1.25 bits per heavy atom. The van der Waals surface area contributed by atoms with Crippen molar-refractivity contribution in [2.45, 2.75) is 11.4 Å². The van der Waals surface area contributed by atoms with Crippen LogP contribution in [0.15, 0.2) is 64.5 Å². The van der Waals surface area contributed by atoms with Crippen LogP contribution in [0.25, 0.3) is 0 Å². The summed E-state index contributed by atoms with van der Waals surface area (Å²) in [5, 5.41) is 3.29. The highest BCUT2D eigenvalue weighted by molar-refractivity contribution is 9.10. The predicted octanol–water partition coefficient (Wildman–Crippen LogP) is 5.48. The van der Waals surface area contributed by atoms with E-state index in [1.165, 1.54) is 6.07 Å². The molecule has 0 atom stereocenters. The van der Waals surface area contributed by atoms with Crippen molar-refractivity contribution < 1.29 is 4.39 Å². The molecule has 0 saturated heterocycles. The molecule has 0 bridgehead atoms. The first-order valence-electron chi connectivity index (χ1n) is 6.21. The first-order valence-corrected chi connectivity index (χ1v) is 7.99. The Bertz CT molecular complexity index is 601. The summed E-state index contributed by atoms with van der Waals surface area (Å²) in [5.41, 5.74) is 1.65. The quantitative estimate of drug-likeness (QED) is 0.546. The maximum absolute atomic E-state index is 13.7.